The highest BCUT2D eigenvalue weighted by Crippen LogP contribution is 2.30. The Kier molecular flexibility index (Phi) is 4.39. The van der Waals surface area contributed by atoms with E-state index in [4.69, 9.17) is 0 Å². The van der Waals surface area contributed by atoms with E-state index >= 15 is 0 Å². The zero-order valence-corrected chi connectivity index (χ0v) is 11.9. The van der Waals surface area contributed by atoms with Gasteiger partial charge in [0.1, 0.15) is 0 Å². The Morgan fingerprint density at radius 1 is 0.684 bits per heavy atom. The second-order valence-corrected chi connectivity index (χ2v) is 5.47. The van der Waals surface area contributed by atoms with Crippen LogP contribution >= 0.6 is 0 Å². The monoisotopic (exact) mass is 254 g/mol. The maximum Gasteiger partial charge on any atom is 0.0855 e. The maximum absolute atomic E-state index is 10.5. The molecule has 1 N–H and O–H groups in total. The molecule has 2 rings (SSSR count). The van der Waals surface area contributed by atoms with Gasteiger partial charge in [0.2, 0.25) is 0 Å². The van der Waals surface area contributed by atoms with Crippen molar-refractivity contribution in [2.45, 2.75) is 38.7 Å². The van der Waals surface area contributed by atoms with Gasteiger partial charge in [-0.2, -0.15) is 0 Å². The van der Waals surface area contributed by atoms with E-state index in [2.05, 4.69) is 45.0 Å². The summed E-state index contributed by atoms with van der Waals surface area (Å²) in [5, 5.41) is 10.5. The molecule has 19 heavy (non-hydrogen) atoms. The highest BCUT2D eigenvalue weighted by Gasteiger charge is 2.17. The van der Waals surface area contributed by atoms with Gasteiger partial charge in [-0.05, 0) is 22.6 Å². The zero-order valence-electron chi connectivity index (χ0n) is 11.9. The van der Waals surface area contributed by atoms with Crippen molar-refractivity contribution in [1.29, 1.82) is 0 Å². The maximum atomic E-state index is 10.5. The van der Waals surface area contributed by atoms with Crippen LogP contribution in [-0.4, -0.2) is 5.11 Å². The van der Waals surface area contributed by atoms with E-state index in [1.807, 2.05) is 30.3 Å². The first-order valence-corrected chi connectivity index (χ1v) is 6.92. The summed E-state index contributed by atoms with van der Waals surface area (Å²) >= 11 is 0. The molecule has 0 aliphatic carbocycles. The van der Waals surface area contributed by atoms with Gasteiger partial charge >= 0.3 is 0 Å². The van der Waals surface area contributed by atoms with Crippen molar-refractivity contribution in [2.24, 2.45) is 0 Å². The summed E-state index contributed by atoms with van der Waals surface area (Å²) in [4.78, 5) is 0. The minimum absolute atomic E-state index is 0.103. The largest absolute Gasteiger partial charge is 0.388 e. The number of hydrogen-bond acceptors (Lipinski definition) is 1. The predicted octanol–water partition coefficient (Wildman–Crippen LogP) is 4.65. The number of aliphatic hydroxyl groups is 1. The lowest BCUT2D eigenvalue weighted by Gasteiger charge is -2.20. The molecule has 0 aliphatic heterocycles. The van der Waals surface area contributed by atoms with Gasteiger partial charge in [-0.3, -0.25) is 0 Å². The fourth-order valence-electron chi connectivity index (χ4n) is 2.31. The third-order valence-electron chi connectivity index (χ3n) is 3.74. The van der Waals surface area contributed by atoms with Gasteiger partial charge in [-0.1, -0.05) is 75.4 Å². The Balaban J connectivity index is 2.17. The molecule has 0 spiro atoms. The fourth-order valence-corrected chi connectivity index (χ4v) is 2.31. The lowest BCUT2D eigenvalue weighted by molar-refractivity contribution is 0.151. The lowest BCUT2D eigenvalue weighted by Crippen LogP contribution is -2.07. The molecule has 0 amide bonds. The highest BCUT2D eigenvalue weighted by atomic mass is 16.3. The third kappa shape index (κ3) is 3.24. The van der Waals surface area contributed by atoms with Crippen LogP contribution in [0.3, 0.4) is 0 Å². The Morgan fingerprint density at radius 2 is 1.21 bits per heavy atom. The van der Waals surface area contributed by atoms with Gasteiger partial charge in [-0.25, -0.2) is 0 Å². The van der Waals surface area contributed by atoms with Gasteiger partial charge in [0.15, 0.2) is 0 Å². The smallest absolute Gasteiger partial charge is 0.0855 e. The van der Waals surface area contributed by atoms with E-state index in [-0.39, 0.29) is 5.92 Å². The molecule has 2 atom stereocenters. The van der Waals surface area contributed by atoms with Crippen LogP contribution in [-0.2, 0) is 0 Å². The molecule has 0 saturated carbocycles. The summed E-state index contributed by atoms with van der Waals surface area (Å²) in [6.45, 7) is 6.42. The van der Waals surface area contributed by atoms with Crippen molar-refractivity contribution in [3.05, 3.63) is 71.3 Å². The molecule has 0 aliphatic rings. The SMILES string of the molecule is CC(C)c1ccc(C(O)C(C)c2ccccc2)cc1. The van der Waals surface area contributed by atoms with Crippen molar-refractivity contribution < 1.29 is 5.11 Å². The van der Waals surface area contributed by atoms with E-state index in [0.717, 1.165) is 5.56 Å². The van der Waals surface area contributed by atoms with Crippen LogP contribution in [0.25, 0.3) is 0 Å². The molecule has 1 heteroatoms. The molecular weight excluding hydrogens is 232 g/mol. The van der Waals surface area contributed by atoms with Gasteiger partial charge in [0, 0.05) is 5.92 Å². The average Bonchev–Trinajstić information content (AvgIpc) is 2.46. The molecule has 0 aromatic heterocycles. The highest BCUT2D eigenvalue weighted by molar-refractivity contribution is 5.29. The van der Waals surface area contributed by atoms with Crippen LogP contribution in [0.15, 0.2) is 54.6 Å². The molecule has 0 fully saturated rings. The fraction of sp³-hybridized carbons (Fsp3) is 0.333. The van der Waals surface area contributed by atoms with Crippen LogP contribution in [0.2, 0.25) is 0 Å². The first-order chi connectivity index (χ1) is 9.09. The summed E-state index contributed by atoms with van der Waals surface area (Å²) in [5.74, 6) is 0.629. The van der Waals surface area contributed by atoms with E-state index in [1.54, 1.807) is 0 Å². The van der Waals surface area contributed by atoms with E-state index in [9.17, 15) is 5.11 Å². The number of aliphatic hydroxyl groups excluding tert-OH is 1. The summed E-state index contributed by atoms with van der Waals surface area (Å²) in [5.41, 5.74) is 3.46. The normalized spacial score (nSPS) is 14.4. The van der Waals surface area contributed by atoms with Crippen molar-refractivity contribution >= 4 is 0 Å². The third-order valence-corrected chi connectivity index (χ3v) is 3.74. The van der Waals surface area contributed by atoms with Crippen molar-refractivity contribution in [2.75, 3.05) is 0 Å². The van der Waals surface area contributed by atoms with E-state index in [0.29, 0.717) is 5.92 Å². The minimum atomic E-state index is -0.455. The summed E-state index contributed by atoms with van der Waals surface area (Å²) in [7, 11) is 0. The number of benzene rings is 2. The first-order valence-electron chi connectivity index (χ1n) is 6.92. The van der Waals surface area contributed by atoms with Crippen molar-refractivity contribution in [3.8, 4) is 0 Å². The first kappa shape index (κ1) is 13.8. The Bertz CT molecular complexity index is 499. The summed E-state index contributed by atoms with van der Waals surface area (Å²) in [6.07, 6.45) is -0.455. The predicted molar refractivity (Wildman–Crippen MR) is 80.3 cm³/mol. The van der Waals surface area contributed by atoms with E-state index in [1.165, 1.54) is 11.1 Å². The Hall–Kier alpha value is -1.60. The molecular formula is C18H22O. The number of rotatable bonds is 4. The molecule has 0 bridgehead atoms. The zero-order chi connectivity index (χ0) is 13.8. The second kappa shape index (κ2) is 6.03. The summed E-state index contributed by atoms with van der Waals surface area (Å²) in [6, 6.07) is 18.5. The molecule has 100 valence electrons. The van der Waals surface area contributed by atoms with Crippen LogP contribution in [0.1, 0.15) is 55.4 Å². The van der Waals surface area contributed by atoms with Gasteiger partial charge in [-0.15, -0.1) is 0 Å². The van der Waals surface area contributed by atoms with Crippen LogP contribution in [0.5, 0.6) is 0 Å². The van der Waals surface area contributed by atoms with Crippen molar-refractivity contribution in [3.63, 3.8) is 0 Å². The molecule has 1 nitrogen and oxygen atoms in total. The quantitative estimate of drug-likeness (QED) is 0.842. The Morgan fingerprint density at radius 3 is 1.74 bits per heavy atom. The van der Waals surface area contributed by atoms with Crippen LogP contribution < -0.4 is 0 Å². The molecule has 2 aromatic rings. The summed E-state index contributed by atoms with van der Waals surface area (Å²) < 4.78 is 0. The topological polar surface area (TPSA) is 20.2 Å². The Labute approximate surface area is 115 Å². The van der Waals surface area contributed by atoms with Crippen LogP contribution in [0, 0.1) is 0 Å². The standard InChI is InChI=1S/C18H22O/c1-13(2)15-9-11-17(12-10-15)18(19)14(3)16-7-5-4-6-8-16/h4-14,18-19H,1-3H3. The molecule has 2 aromatic carbocycles. The van der Waals surface area contributed by atoms with Gasteiger partial charge in [0.05, 0.1) is 6.10 Å². The van der Waals surface area contributed by atoms with E-state index < -0.39 is 6.10 Å². The van der Waals surface area contributed by atoms with Gasteiger partial charge < -0.3 is 5.11 Å². The van der Waals surface area contributed by atoms with Crippen LogP contribution in [0.4, 0.5) is 0 Å². The molecule has 0 saturated heterocycles. The van der Waals surface area contributed by atoms with Gasteiger partial charge in [0.25, 0.3) is 0 Å². The molecule has 0 heterocycles. The molecule has 2 unspecified atom stereocenters. The molecule has 0 radical (unpaired) electrons. The van der Waals surface area contributed by atoms with Crippen molar-refractivity contribution in [1.82, 2.24) is 0 Å². The average molecular weight is 254 g/mol. The number of hydrogen-bond donors (Lipinski definition) is 1. The minimum Gasteiger partial charge on any atom is -0.388 e. The second-order valence-electron chi connectivity index (χ2n) is 5.47. The lowest BCUT2D eigenvalue weighted by atomic mass is 9.90.